The molecule has 0 radical (unpaired) electrons. The molecule has 21 heavy (non-hydrogen) atoms. The molecular formula is C12H18N2O6S. The number of nitrogens with zero attached hydrogens (tertiary/aromatic N) is 2. The average Bonchev–Trinajstić information content (AvgIpc) is 2.46. The Morgan fingerprint density at radius 1 is 1.43 bits per heavy atom. The molecule has 0 amide bonds. The van der Waals surface area contributed by atoms with E-state index in [2.05, 4.69) is 0 Å². The fourth-order valence-electron chi connectivity index (χ4n) is 1.82. The third-order valence-corrected chi connectivity index (χ3v) is 4.91. The van der Waals surface area contributed by atoms with Gasteiger partial charge in [0, 0.05) is 25.8 Å². The minimum absolute atomic E-state index is 0.0772. The second kappa shape index (κ2) is 7.34. The van der Waals surface area contributed by atoms with E-state index >= 15 is 0 Å². The molecule has 0 spiro atoms. The van der Waals surface area contributed by atoms with E-state index in [0.717, 1.165) is 18.2 Å². The first kappa shape index (κ1) is 17.3. The zero-order chi connectivity index (χ0) is 16.0. The molecule has 118 valence electrons. The molecule has 0 aliphatic carbocycles. The summed E-state index contributed by atoms with van der Waals surface area (Å²) in [5.74, 6) is -0.0772. The molecule has 0 saturated heterocycles. The Kier molecular flexibility index (Phi) is 6.06. The van der Waals surface area contributed by atoms with E-state index in [1.54, 1.807) is 6.92 Å². The second-order valence-corrected chi connectivity index (χ2v) is 6.07. The van der Waals surface area contributed by atoms with Gasteiger partial charge in [-0.3, -0.25) is 10.1 Å². The van der Waals surface area contributed by atoms with Gasteiger partial charge in [0.25, 0.3) is 5.69 Å². The lowest BCUT2D eigenvalue weighted by Crippen LogP contribution is -2.32. The quantitative estimate of drug-likeness (QED) is 0.565. The van der Waals surface area contributed by atoms with Crippen molar-refractivity contribution in [2.24, 2.45) is 0 Å². The van der Waals surface area contributed by atoms with Gasteiger partial charge in [-0.1, -0.05) is 6.92 Å². The molecule has 1 aromatic rings. The summed E-state index contributed by atoms with van der Waals surface area (Å²) < 4.78 is 31.2. The Labute approximate surface area is 123 Å². The first-order chi connectivity index (χ1) is 9.88. The lowest BCUT2D eigenvalue weighted by molar-refractivity contribution is -0.385. The first-order valence-corrected chi connectivity index (χ1v) is 7.76. The maximum Gasteiger partial charge on any atom is 0.273 e. The number of nitro benzene ring substituents is 1. The van der Waals surface area contributed by atoms with E-state index < -0.39 is 14.9 Å². The van der Waals surface area contributed by atoms with Gasteiger partial charge in [0.15, 0.2) is 0 Å². The topological polar surface area (TPSA) is 110 Å². The summed E-state index contributed by atoms with van der Waals surface area (Å²) in [6.07, 6.45) is 0.308. The fourth-order valence-corrected chi connectivity index (χ4v) is 3.44. The molecule has 1 N–H and O–H groups in total. The monoisotopic (exact) mass is 318 g/mol. The predicted octanol–water partition coefficient (Wildman–Crippen LogP) is 0.996. The molecule has 0 heterocycles. The Morgan fingerprint density at radius 2 is 2.10 bits per heavy atom. The van der Waals surface area contributed by atoms with Crippen LogP contribution in [0.2, 0.25) is 0 Å². The summed E-state index contributed by atoms with van der Waals surface area (Å²) in [6, 6.07) is 3.36. The summed E-state index contributed by atoms with van der Waals surface area (Å²) in [7, 11) is -2.58. The Bertz CT molecular complexity index is 602. The number of hydrogen-bond acceptors (Lipinski definition) is 6. The van der Waals surface area contributed by atoms with Crippen molar-refractivity contribution in [3.05, 3.63) is 28.3 Å². The third-order valence-electron chi connectivity index (χ3n) is 2.89. The van der Waals surface area contributed by atoms with Crippen molar-refractivity contribution in [2.45, 2.75) is 18.2 Å². The largest absolute Gasteiger partial charge is 0.495 e. The number of sulfonamides is 1. The minimum atomic E-state index is -3.83. The first-order valence-electron chi connectivity index (χ1n) is 6.31. The van der Waals surface area contributed by atoms with Crippen LogP contribution in [0.25, 0.3) is 0 Å². The summed E-state index contributed by atoms with van der Waals surface area (Å²) in [6.45, 7) is 1.94. The summed E-state index contributed by atoms with van der Waals surface area (Å²) in [4.78, 5) is 9.97. The highest BCUT2D eigenvalue weighted by Gasteiger charge is 2.27. The third kappa shape index (κ3) is 3.90. The molecule has 0 saturated carbocycles. The van der Waals surface area contributed by atoms with Crippen molar-refractivity contribution in [1.29, 1.82) is 0 Å². The van der Waals surface area contributed by atoms with Crippen LogP contribution < -0.4 is 4.74 Å². The SMILES string of the molecule is CCN(CCCO)S(=O)(=O)c1ccc([N+](=O)[O-])cc1OC. The van der Waals surface area contributed by atoms with Gasteiger partial charge < -0.3 is 9.84 Å². The molecule has 9 heteroatoms. The maximum absolute atomic E-state index is 12.5. The molecular weight excluding hydrogens is 300 g/mol. The highest BCUT2D eigenvalue weighted by Crippen LogP contribution is 2.30. The number of non-ortho nitro benzene ring substituents is 1. The Morgan fingerprint density at radius 3 is 2.57 bits per heavy atom. The van der Waals surface area contributed by atoms with E-state index in [4.69, 9.17) is 9.84 Å². The molecule has 1 aromatic carbocycles. The predicted molar refractivity (Wildman–Crippen MR) is 75.8 cm³/mol. The van der Waals surface area contributed by atoms with Crippen LogP contribution in [0.5, 0.6) is 5.75 Å². The zero-order valence-electron chi connectivity index (χ0n) is 11.9. The average molecular weight is 318 g/mol. The summed E-state index contributed by atoms with van der Waals surface area (Å²) in [5, 5.41) is 19.5. The van der Waals surface area contributed by atoms with Gasteiger partial charge >= 0.3 is 0 Å². The van der Waals surface area contributed by atoms with Gasteiger partial charge in [-0.25, -0.2) is 8.42 Å². The van der Waals surface area contributed by atoms with E-state index in [1.807, 2.05) is 0 Å². The lowest BCUT2D eigenvalue weighted by atomic mass is 10.3. The van der Waals surface area contributed by atoms with Crippen LogP contribution in [0, 0.1) is 10.1 Å². The standard InChI is InChI=1S/C12H18N2O6S/c1-3-13(7-4-8-15)21(18,19)12-6-5-10(14(16)17)9-11(12)20-2/h5-6,9,15H,3-4,7-8H2,1-2H3. The molecule has 0 atom stereocenters. The van der Waals surface area contributed by atoms with Gasteiger partial charge in [0.05, 0.1) is 18.1 Å². The van der Waals surface area contributed by atoms with Crippen LogP contribution >= 0.6 is 0 Å². The molecule has 0 unspecified atom stereocenters. The Hall–Kier alpha value is -1.71. The van der Waals surface area contributed by atoms with Crippen LogP contribution in [0.3, 0.4) is 0 Å². The normalized spacial score (nSPS) is 11.6. The van der Waals surface area contributed by atoms with Crippen LogP contribution in [0.15, 0.2) is 23.1 Å². The van der Waals surface area contributed by atoms with Crippen LogP contribution in [0.4, 0.5) is 5.69 Å². The van der Waals surface area contributed by atoms with Gasteiger partial charge in [-0.15, -0.1) is 0 Å². The van der Waals surface area contributed by atoms with Crippen molar-refractivity contribution in [3.8, 4) is 5.75 Å². The van der Waals surface area contributed by atoms with E-state index in [-0.39, 0.29) is 36.0 Å². The van der Waals surface area contributed by atoms with Gasteiger partial charge in [0.1, 0.15) is 10.6 Å². The minimum Gasteiger partial charge on any atom is -0.495 e. The van der Waals surface area contributed by atoms with Gasteiger partial charge in [0.2, 0.25) is 10.0 Å². The highest BCUT2D eigenvalue weighted by molar-refractivity contribution is 7.89. The van der Waals surface area contributed by atoms with Crippen molar-refractivity contribution in [2.75, 3.05) is 26.8 Å². The maximum atomic E-state index is 12.5. The van der Waals surface area contributed by atoms with E-state index in [1.165, 1.54) is 11.4 Å². The van der Waals surface area contributed by atoms with E-state index in [9.17, 15) is 18.5 Å². The molecule has 8 nitrogen and oxygen atoms in total. The zero-order valence-corrected chi connectivity index (χ0v) is 12.7. The van der Waals surface area contributed by atoms with Crippen LogP contribution in [-0.2, 0) is 10.0 Å². The van der Waals surface area contributed by atoms with Crippen molar-refractivity contribution in [1.82, 2.24) is 4.31 Å². The molecule has 1 rings (SSSR count). The number of methoxy groups -OCH3 is 1. The van der Waals surface area contributed by atoms with Crippen LogP contribution in [0.1, 0.15) is 13.3 Å². The second-order valence-electron chi connectivity index (χ2n) is 4.17. The molecule has 0 bridgehead atoms. The van der Waals surface area contributed by atoms with Gasteiger partial charge in [-0.2, -0.15) is 4.31 Å². The highest BCUT2D eigenvalue weighted by atomic mass is 32.2. The van der Waals surface area contributed by atoms with Crippen molar-refractivity contribution < 1.29 is 23.2 Å². The number of aliphatic hydroxyl groups is 1. The fraction of sp³-hybridized carbons (Fsp3) is 0.500. The van der Waals surface area contributed by atoms with Crippen molar-refractivity contribution in [3.63, 3.8) is 0 Å². The number of aliphatic hydroxyl groups excluding tert-OH is 1. The van der Waals surface area contributed by atoms with Crippen molar-refractivity contribution >= 4 is 15.7 Å². The Balaban J connectivity index is 3.26. The number of nitro groups is 1. The summed E-state index contributed by atoms with van der Waals surface area (Å²) in [5.41, 5.74) is -0.246. The van der Waals surface area contributed by atoms with E-state index in [0.29, 0.717) is 6.42 Å². The number of benzene rings is 1. The van der Waals surface area contributed by atoms with Crippen LogP contribution in [-0.4, -0.2) is 49.6 Å². The molecule has 0 fully saturated rings. The smallest absolute Gasteiger partial charge is 0.273 e. The number of ether oxygens (including phenoxy) is 1. The molecule has 0 aromatic heterocycles. The summed E-state index contributed by atoms with van der Waals surface area (Å²) >= 11 is 0. The number of rotatable bonds is 8. The molecule has 0 aliphatic heterocycles. The lowest BCUT2D eigenvalue weighted by Gasteiger charge is -2.21. The van der Waals surface area contributed by atoms with Gasteiger partial charge in [-0.05, 0) is 12.5 Å². The molecule has 0 aliphatic rings. The number of hydrogen-bond donors (Lipinski definition) is 1.